The predicted octanol–water partition coefficient (Wildman–Crippen LogP) is 2.32. The SMILES string of the molecule is CCc1oc2ccccc2c1CNC1CCN(C)C1=O. The smallest absolute Gasteiger partial charge is 0.239 e. The van der Waals surface area contributed by atoms with Gasteiger partial charge >= 0.3 is 0 Å². The Morgan fingerprint density at radius 1 is 1.40 bits per heavy atom. The van der Waals surface area contributed by atoms with E-state index in [2.05, 4.69) is 18.3 Å². The number of carbonyl (C=O) groups is 1. The number of para-hydroxylation sites is 1. The van der Waals surface area contributed by atoms with Crippen LogP contribution >= 0.6 is 0 Å². The van der Waals surface area contributed by atoms with Crippen molar-refractivity contribution >= 4 is 16.9 Å². The van der Waals surface area contributed by atoms with E-state index in [1.807, 2.05) is 25.2 Å². The molecule has 20 heavy (non-hydrogen) atoms. The van der Waals surface area contributed by atoms with Crippen LogP contribution in [0.4, 0.5) is 0 Å². The first-order chi connectivity index (χ1) is 9.70. The number of likely N-dealkylation sites (tertiary alicyclic amines) is 1. The molecule has 2 aromatic rings. The molecular formula is C16H20N2O2. The van der Waals surface area contributed by atoms with Crippen molar-refractivity contribution in [2.45, 2.75) is 32.4 Å². The van der Waals surface area contributed by atoms with E-state index >= 15 is 0 Å². The molecule has 1 N–H and O–H groups in total. The lowest BCUT2D eigenvalue weighted by Gasteiger charge is -2.12. The van der Waals surface area contributed by atoms with Crippen molar-refractivity contribution in [1.82, 2.24) is 10.2 Å². The monoisotopic (exact) mass is 272 g/mol. The number of benzene rings is 1. The number of rotatable bonds is 4. The molecule has 4 nitrogen and oxygen atoms in total. The van der Waals surface area contributed by atoms with Gasteiger partial charge in [-0.3, -0.25) is 4.79 Å². The third-order valence-corrected chi connectivity index (χ3v) is 4.06. The van der Waals surface area contributed by atoms with Gasteiger partial charge in [0.15, 0.2) is 0 Å². The Balaban J connectivity index is 1.82. The van der Waals surface area contributed by atoms with Crippen LogP contribution in [0.15, 0.2) is 28.7 Å². The minimum atomic E-state index is -0.0571. The second-order valence-corrected chi connectivity index (χ2v) is 5.34. The number of hydrogen-bond acceptors (Lipinski definition) is 3. The van der Waals surface area contributed by atoms with Crippen LogP contribution < -0.4 is 5.32 Å². The summed E-state index contributed by atoms with van der Waals surface area (Å²) in [6.45, 7) is 3.61. The summed E-state index contributed by atoms with van der Waals surface area (Å²) in [4.78, 5) is 13.7. The summed E-state index contributed by atoms with van der Waals surface area (Å²) < 4.78 is 5.88. The highest BCUT2D eigenvalue weighted by atomic mass is 16.3. The van der Waals surface area contributed by atoms with Crippen molar-refractivity contribution in [2.75, 3.05) is 13.6 Å². The van der Waals surface area contributed by atoms with Crippen molar-refractivity contribution in [2.24, 2.45) is 0 Å². The van der Waals surface area contributed by atoms with Crippen LogP contribution in [0.2, 0.25) is 0 Å². The van der Waals surface area contributed by atoms with E-state index in [-0.39, 0.29) is 11.9 Å². The third kappa shape index (κ3) is 2.20. The number of likely N-dealkylation sites (N-methyl/N-ethyl adjacent to an activating group) is 1. The normalized spacial score (nSPS) is 19.2. The zero-order valence-corrected chi connectivity index (χ0v) is 12.0. The van der Waals surface area contributed by atoms with Gasteiger partial charge in [0.25, 0.3) is 0 Å². The maximum Gasteiger partial charge on any atom is 0.239 e. The average molecular weight is 272 g/mol. The first-order valence-corrected chi connectivity index (χ1v) is 7.18. The summed E-state index contributed by atoms with van der Waals surface area (Å²) in [5, 5.41) is 4.53. The van der Waals surface area contributed by atoms with Gasteiger partial charge in [-0.2, -0.15) is 0 Å². The molecule has 0 saturated carbocycles. The first kappa shape index (κ1) is 13.2. The molecule has 1 unspecified atom stereocenters. The lowest BCUT2D eigenvalue weighted by molar-refractivity contribution is -0.128. The Hall–Kier alpha value is -1.81. The van der Waals surface area contributed by atoms with Crippen molar-refractivity contribution in [3.63, 3.8) is 0 Å². The Morgan fingerprint density at radius 2 is 2.20 bits per heavy atom. The Kier molecular flexibility index (Phi) is 3.49. The average Bonchev–Trinajstić information content (AvgIpc) is 2.98. The Morgan fingerprint density at radius 3 is 2.90 bits per heavy atom. The van der Waals surface area contributed by atoms with Crippen LogP contribution in [0.5, 0.6) is 0 Å². The number of fused-ring (bicyclic) bond motifs is 1. The Bertz CT molecular complexity index is 632. The van der Waals surface area contributed by atoms with E-state index in [4.69, 9.17) is 4.42 Å². The van der Waals surface area contributed by atoms with Crippen molar-refractivity contribution in [3.8, 4) is 0 Å². The minimum absolute atomic E-state index is 0.0571. The second kappa shape index (κ2) is 5.29. The molecule has 1 fully saturated rings. The molecule has 0 spiro atoms. The van der Waals surface area contributed by atoms with E-state index in [9.17, 15) is 4.79 Å². The molecule has 1 aromatic carbocycles. The summed E-state index contributed by atoms with van der Waals surface area (Å²) >= 11 is 0. The van der Waals surface area contributed by atoms with E-state index in [1.165, 1.54) is 5.56 Å². The standard InChI is InChI=1S/C16H20N2O2/c1-3-14-12(11-6-4-5-7-15(11)20-14)10-17-13-8-9-18(2)16(13)19/h4-7,13,17H,3,8-10H2,1-2H3. The largest absolute Gasteiger partial charge is 0.461 e. The van der Waals surface area contributed by atoms with Gasteiger partial charge in [0.1, 0.15) is 11.3 Å². The summed E-state index contributed by atoms with van der Waals surface area (Å²) in [5.41, 5.74) is 2.11. The summed E-state index contributed by atoms with van der Waals surface area (Å²) in [7, 11) is 1.86. The highest BCUT2D eigenvalue weighted by molar-refractivity contribution is 5.84. The van der Waals surface area contributed by atoms with E-state index in [0.717, 1.165) is 36.1 Å². The van der Waals surface area contributed by atoms with Gasteiger partial charge in [-0.1, -0.05) is 25.1 Å². The maximum atomic E-state index is 11.9. The molecule has 0 radical (unpaired) electrons. The van der Waals surface area contributed by atoms with E-state index < -0.39 is 0 Å². The minimum Gasteiger partial charge on any atom is -0.461 e. The van der Waals surface area contributed by atoms with Crippen LogP contribution in [-0.4, -0.2) is 30.4 Å². The lowest BCUT2D eigenvalue weighted by Crippen LogP contribution is -2.36. The molecule has 1 saturated heterocycles. The zero-order valence-electron chi connectivity index (χ0n) is 12.0. The molecule has 1 amide bonds. The van der Waals surface area contributed by atoms with Crippen LogP contribution in [0, 0.1) is 0 Å². The van der Waals surface area contributed by atoms with Gasteiger partial charge in [0.2, 0.25) is 5.91 Å². The molecule has 1 atom stereocenters. The van der Waals surface area contributed by atoms with Crippen molar-refractivity contribution < 1.29 is 9.21 Å². The quantitative estimate of drug-likeness (QED) is 0.929. The predicted molar refractivity (Wildman–Crippen MR) is 78.5 cm³/mol. The zero-order chi connectivity index (χ0) is 14.1. The molecule has 2 heterocycles. The molecular weight excluding hydrogens is 252 g/mol. The number of carbonyl (C=O) groups excluding carboxylic acids is 1. The van der Waals surface area contributed by atoms with Crippen LogP contribution in [-0.2, 0) is 17.8 Å². The topological polar surface area (TPSA) is 45.5 Å². The maximum absolute atomic E-state index is 11.9. The second-order valence-electron chi connectivity index (χ2n) is 5.34. The molecule has 1 aliphatic heterocycles. The van der Waals surface area contributed by atoms with Gasteiger partial charge in [-0.15, -0.1) is 0 Å². The molecule has 0 aliphatic carbocycles. The number of furan rings is 1. The number of amides is 1. The fourth-order valence-corrected chi connectivity index (χ4v) is 2.87. The van der Waals surface area contributed by atoms with Crippen molar-refractivity contribution in [1.29, 1.82) is 0 Å². The molecule has 106 valence electrons. The van der Waals surface area contributed by atoms with Gasteiger partial charge < -0.3 is 14.6 Å². The Labute approximate surface area is 118 Å². The van der Waals surface area contributed by atoms with Gasteiger partial charge in [0, 0.05) is 37.5 Å². The molecule has 3 rings (SSSR count). The number of nitrogens with zero attached hydrogens (tertiary/aromatic N) is 1. The fraction of sp³-hybridized carbons (Fsp3) is 0.438. The molecule has 4 heteroatoms. The van der Waals surface area contributed by atoms with Crippen LogP contribution in [0.3, 0.4) is 0 Å². The number of aryl methyl sites for hydroxylation is 1. The van der Waals surface area contributed by atoms with Gasteiger partial charge in [-0.25, -0.2) is 0 Å². The first-order valence-electron chi connectivity index (χ1n) is 7.18. The van der Waals surface area contributed by atoms with Gasteiger partial charge in [-0.05, 0) is 12.5 Å². The lowest BCUT2D eigenvalue weighted by atomic mass is 10.1. The highest BCUT2D eigenvalue weighted by Crippen LogP contribution is 2.26. The van der Waals surface area contributed by atoms with Crippen LogP contribution in [0.1, 0.15) is 24.7 Å². The van der Waals surface area contributed by atoms with Gasteiger partial charge in [0.05, 0.1) is 6.04 Å². The highest BCUT2D eigenvalue weighted by Gasteiger charge is 2.28. The molecule has 0 bridgehead atoms. The van der Waals surface area contributed by atoms with Crippen molar-refractivity contribution in [3.05, 3.63) is 35.6 Å². The summed E-state index contributed by atoms with van der Waals surface area (Å²) in [6.07, 6.45) is 1.75. The number of hydrogen-bond donors (Lipinski definition) is 1. The van der Waals surface area contributed by atoms with E-state index in [1.54, 1.807) is 4.90 Å². The van der Waals surface area contributed by atoms with E-state index in [0.29, 0.717) is 6.54 Å². The molecule has 1 aliphatic rings. The number of nitrogens with one attached hydrogen (secondary N) is 1. The van der Waals surface area contributed by atoms with Crippen LogP contribution in [0.25, 0.3) is 11.0 Å². The third-order valence-electron chi connectivity index (χ3n) is 4.06. The summed E-state index contributed by atoms with van der Waals surface area (Å²) in [5.74, 6) is 1.20. The molecule has 1 aromatic heterocycles. The summed E-state index contributed by atoms with van der Waals surface area (Å²) in [6, 6.07) is 8.02. The fourth-order valence-electron chi connectivity index (χ4n) is 2.87.